The smallest absolute Gasteiger partial charge is 0.235 e. The molecule has 3 nitrogen and oxygen atoms in total. The van der Waals surface area contributed by atoms with Crippen molar-refractivity contribution in [1.29, 1.82) is 0 Å². The second-order valence-electron chi connectivity index (χ2n) is 3.62. The minimum absolute atomic E-state index is 0.00371. The lowest BCUT2D eigenvalue weighted by atomic mass is 10.1. The van der Waals surface area contributed by atoms with Gasteiger partial charge in [-0.25, -0.2) is 0 Å². The molecule has 1 rings (SSSR count). The SMILES string of the molecule is COc1ccccc1CC(C)NC(=O)CCl. The summed E-state index contributed by atoms with van der Waals surface area (Å²) < 4.78 is 5.24. The summed E-state index contributed by atoms with van der Waals surface area (Å²) in [7, 11) is 1.64. The summed E-state index contributed by atoms with van der Waals surface area (Å²) in [5, 5.41) is 2.80. The van der Waals surface area contributed by atoms with Crippen molar-refractivity contribution in [2.75, 3.05) is 13.0 Å². The van der Waals surface area contributed by atoms with Crippen molar-refractivity contribution in [2.45, 2.75) is 19.4 Å². The number of carbonyl (C=O) groups excluding carboxylic acids is 1. The van der Waals surface area contributed by atoms with Gasteiger partial charge in [0.05, 0.1) is 7.11 Å². The fraction of sp³-hybridized carbons (Fsp3) is 0.417. The number of ether oxygens (including phenoxy) is 1. The second kappa shape index (κ2) is 6.38. The Balaban J connectivity index is 2.61. The average Bonchev–Trinajstić information content (AvgIpc) is 2.29. The Morgan fingerprint density at radius 1 is 1.50 bits per heavy atom. The number of hydrogen-bond donors (Lipinski definition) is 1. The van der Waals surface area contributed by atoms with E-state index in [2.05, 4.69) is 5.32 Å². The number of para-hydroxylation sites is 1. The lowest BCUT2D eigenvalue weighted by Crippen LogP contribution is -2.34. The summed E-state index contributed by atoms with van der Waals surface area (Å²) in [5.74, 6) is 0.689. The van der Waals surface area contributed by atoms with Crippen molar-refractivity contribution in [1.82, 2.24) is 5.32 Å². The Morgan fingerprint density at radius 2 is 2.19 bits per heavy atom. The van der Waals surface area contributed by atoms with E-state index in [1.54, 1.807) is 7.11 Å². The normalized spacial score (nSPS) is 11.9. The molecular formula is C12H16ClNO2. The first-order valence-electron chi connectivity index (χ1n) is 5.14. The van der Waals surface area contributed by atoms with Crippen molar-refractivity contribution in [3.63, 3.8) is 0 Å². The molecule has 0 aromatic heterocycles. The number of rotatable bonds is 5. The van der Waals surface area contributed by atoms with Crippen LogP contribution in [0.15, 0.2) is 24.3 Å². The molecule has 1 N–H and O–H groups in total. The van der Waals surface area contributed by atoms with Crippen LogP contribution in [-0.2, 0) is 11.2 Å². The van der Waals surface area contributed by atoms with E-state index in [1.165, 1.54) is 0 Å². The van der Waals surface area contributed by atoms with Gasteiger partial charge < -0.3 is 10.1 Å². The third-order valence-electron chi connectivity index (χ3n) is 2.25. The fourth-order valence-corrected chi connectivity index (χ4v) is 1.64. The molecule has 0 aliphatic heterocycles. The first kappa shape index (κ1) is 12.8. The minimum atomic E-state index is -0.149. The highest BCUT2D eigenvalue weighted by Crippen LogP contribution is 2.18. The Bertz CT molecular complexity index is 355. The molecule has 0 aliphatic carbocycles. The number of halogens is 1. The zero-order chi connectivity index (χ0) is 12.0. The van der Waals surface area contributed by atoms with E-state index in [0.29, 0.717) is 0 Å². The topological polar surface area (TPSA) is 38.3 Å². The van der Waals surface area contributed by atoms with E-state index in [9.17, 15) is 4.79 Å². The number of alkyl halides is 1. The predicted octanol–water partition coefficient (Wildman–Crippen LogP) is 1.98. The summed E-state index contributed by atoms with van der Waals surface area (Å²) in [5.41, 5.74) is 1.08. The van der Waals surface area contributed by atoms with Crippen molar-refractivity contribution in [2.24, 2.45) is 0 Å². The van der Waals surface area contributed by atoms with Gasteiger partial charge in [-0.05, 0) is 25.0 Å². The first-order chi connectivity index (χ1) is 7.67. The summed E-state index contributed by atoms with van der Waals surface area (Å²) in [6, 6.07) is 7.81. The maximum Gasteiger partial charge on any atom is 0.235 e. The van der Waals surface area contributed by atoms with E-state index in [-0.39, 0.29) is 17.8 Å². The summed E-state index contributed by atoms with van der Waals surface area (Å²) >= 11 is 5.42. The zero-order valence-corrected chi connectivity index (χ0v) is 10.3. The van der Waals surface area contributed by atoms with E-state index < -0.39 is 0 Å². The molecule has 4 heteroatoms. The molecule has 0 spiro atoms. The monoisotopic (exact) mass is 241 g/mol. The predicted molar refractivity (Wildman–Crippen MR) is 65.0 cm³/mol. The van der Waals surface area contributed by atoms with Crippen LogP contribution < -0.4 is 10.1 Å². The van der Waals surface area contributed by atoms with Crippen LogP contribution in [0.2, 0.25) is 0 Å². The third kappa shape index (κ3) is 3.74. The highest BCUT2D eigenvalue weighted by atomic mass is 35.5. The largest absolute Gasteiger partial charge is 0.496 e. The minimum Gasteiger partial charge on any atom is -0.496 e. The molecule has 0 saturated heterocycles. The first-order valence-corrected chi connectivity index (χ1v) is 5.68. The molecule has 1 unspecified atom stereocenters. The molecule has 1 amide bonds. The molecule has 0 heterocycles. The standard InChI is InChI=1S/C12H16ClNO2/c1-9(14-12(15)8-13)7-10-5-3-4-6-11(10)16-2/h3-6,9H,7-8H2,1-2H3,(H,14,15). The van der Waals surface area contributed by atoms with Gasteiger partial charge in [-0.2, -0.15) is 0 Å². The van der Waals surface area contributed by atoms with Crippen LogP contribution in [0.5, 0.6) is 5.75 Å². The van der Waals surface area contributed by atoms with Crippen LogP contribution >= 0.6 is 11.6 Å². The van der Waals surface area contributed by atoms with Crippen LogP contribution in [0.1, 0.15) is 12.5 Å². The molecule has 16 heavy (non-hydrogen) atoms. The lowest BCUT2D eigenvalue weighted by molar-refractivity contribution is -0.119. The summed E-state index contributed by atoms with van der Waals surface area (Å²) in [6.07, 6.45) is 0.729. The number of nitrogens with one attached hydrogen (secondary N) is 1. The van der Waals surface area contributed by atoms with Crippen molar-refractivity contribution >= 4 is 17.5 Å². The number of carbonyl (C=O) groups is 1. The molecule has 1 aromatic rings. The van der Waals surface area contributed by atoms with Gasteiger partial charge in [-0.15, -0.1) is 11.6 Å². The summed E-state index contributed by atoms with van der Waals surface area (Å²) in [6.45, 7) is 1.94. The maximum atomic E-state index is 11.1. The van der Waals surface area contributed by atoms with Gasteiger partial charge >= 0.3 is 0 Å². The molecular weight excluding hydrogens is 226 g/mol. The maximum absolute atomic E-state index is 11.1. The van der Waals surface area contributed by atoms with Gasteiger partial charge in [0.15, 0.2) is 0 Å². The number of hydrogen-bond acceptors (Lipinski definition) is 2. The quantitative estimate of drug-likeness (QED) is 0.801. The van der Waals surface area contributed by atoms with E-state index >= 15 is 0 Å². The average molecular weight is 242 g/mol. The van der Waals surface area contributed by atoms with Gasteiger partial charge in [0, 0.05) is 6.04 Å². The van der Waals surface area contributed by atoms with E-state index in [0.717, 1.165) is 17.7 Å². The van der Waals surface area contributed by atoms with Crippen LogP contribution in [0.25, 0.3) is 0 Å². The molecule has 88 valence electrons. The van der Waals surface area contributed by atoms with Crippen LogP contribution in [0.4, 0.5) is 0 Å². The van der Waals surface area contributed by atoms with Gasteiger partial charge in [0.1, 0.15) is 11.6 Å². The van der Waals surface area contributed by atoms with Gasteiger partial charge in [0.2, 0.25) is 5.91 Å². The Kier molecular flexibility index (Phi) is 5.12. The van der Waals surface area contributed by atoms with Crippen molar-refractivity contribution in [3.8, 4) is 5.75 Å². The molecule has 0 bridgehead atoms. The number of benzene rings is 1. The molecule has 1 aromatic carbocycles. The van der Waals surface area contributed by atoms with Gasteiger partial charge in [0.25, 0.3) is 0 Å². The molecule has 0 radical (unpaired) electrons. The second-order valence-corrected chi connectivity index (χ2v) is 3.89. The molecule has 0 saturated carbocycles. The van der Waals surface area contributed by atoms with Crippen LogP contribution in [0.3, 0.4) is 0 Å². The molecule has 1 atom stereocenters. The van der Waals surface area contributed by atoms with Crippen LogP contribution in [0, 0.1) is 0 Å². The Hall–Kier alpha value is -1.22. The highest BCUT2D eigenvalue weighted by molar-refractivity contribution is 6.27. The lowest BCUT2D eigenvalue weighted by Gasteiger charge is -2.15. The molecule has 0 aliphatic rings. The molecule has 0 fully saturated rings. The van der Waals surface area contributed by atoms with E-state index in [4.69, 9.17) is 16.3 Å². The van der Waals surface area contributed by atoms with Gasteiger partial charge in [-0.3, -0.25) is 4.79 Å². The summed E-state index contributed by atoms with van der Waals surface area (Å²) in [4.78, 5) is 11.1. The zero-order valence-electron chi connectivity index (χ0n) is 9.50. The number of amides is 1. The Morgan fingerprint density at radius 3 is 2.81 bits per heavy atom. The fourth-order valence-electron chi connectivity index (χ4n) is 1.57. The Labute approximate surface area is 101 Å². The van der Waals surface area contributed by atoms with Crippen molar-refractivity contribution < 1.29 is 9.53 Å². The van der Waals surface area contributed by atoms with E-state index in [1.807, 2.05) is 31.2 Å². The third-order valence-corrected chi connectivity index (χ3v) is 2.49. The number of methoxy groups -OCH3 is 1. The van der Waals surface area contributed by atoms with Crippen LogP contribution in [-0.4, -0.2) is 24.9 Å². The van der Waals surface area contributed by atoms with Gasteiger partial charge in [-0.1, -0.05) is 18.2 Å². The van der Waals surface area contributed by atoms with Crippen molar-refractivity contribution in [3.05, 3.63) is 29.8 Å². The highest BCUT2D eigenvalue weighted by Gasteiger charge is 2.09.